The smallest absolute Gasteiger partial charge is 0.200 e. The van der Waals surface area contributed by atoms with Gasteiger partial charge in [0.2, 0.25) is 0 Å². The number of hydrogen-bond donors (Lipinski definition) is 0. The minimum Gasteiger partial charge on any atom is -0.440 e. The van der Waals surface area contributed by atoms with Crippen LogP contribution in [0, 0.1) is 0 Å². The van der Waals surface area contributed by atoms with Crippen LogP contribution in [-0.4, -0.2) is 9.97 Å². The predicted octanol–water partition coefficient (Wildman–Crippen LogP) is 3.69. The molecule has 16 heavy (non-hydrogen) atoms. The highest BCUT2D eigenvalue weighted by molar-refractivity contribution is 6.29. The van der Waals surface area contributed by atoms with Gasteiger partial charge in [0.1, 0.15) is 5.15 Å². The van der Waals surface area contributed by atoms with Crippen LogP contribution in [0.4, 0.5) is 0 Å². The van der Waals surface area contributed by atoms with E-state index in [1.54, 1.807) is 18.5 Å². The maximum atomic E-state index is 5.72. The standard InChI is InChI=1S/C12H13ClN2O/c1-12(2,3)11-15-7-9(16-11)8-4-5-10(13)14-6-8/h4-7H,1-3H3. The fourth-order valence-electron chi connectivity index (χ4n) is 1.28. The van der Waals surface area contributed by atoms with E-state index >= 15 is 0 Å². The molecular formula is C12H13ClN2O. The fraction of sp³-hybridized carbons (Fsp3) is 0.333. The van der Waals surface area contributed by atoms with Crippen molar-refractivity contribution >= 4 is 11.6 Å². The van der Waals surface area contributed by atoms with E-state index in [1.807, 2.05) is 6.07 Å². The molecule has 0 aromatic carbocycles. The van der Waals surface area contributed by atoms with Crippen molar-refractivity contribution in [3.63, 3.8) is 0 Å². The molecule has 0 saturated heterocycles. The van der Waals surface area contributed by atoms with Gasteiger partial charge in [-0.2, -0.15) is 0 Å². The topological polar surface area (TPSA) is 38.9 Å². The molecule has 0 radical (unpaired) electrons. The molecule has 0 spiro atoms. The quantitative estimate of drug-likeness (QED) is 0.709. The second-order valence-electron chi connectivity index (χ2n) is 4.65. The van der Waals surface area contributed by atoms with Crippen LogP contribution < -0.4 is 0 Å². The maximum Gasteiger partial charge on any atom is 0.200 e. The van der Waals surface area contributed by atoms with E-state index in [0.717, 1.165) is 11.5 Å². The van der Waals surface area contributed by atoms with Gasteiger partial charge in [-0.25, -0.2) is 9.97 Å². The molecule has 4 heteroatoms. The number of oxazole rings is 1. The molecule has 0 fully saturated rings. The number of nitrogens with zero attached hydrogens (tertiary/aromatic N) is 2. The number of halogens is 1. The van der Waals surface area contributed by atoms with E-state index in [1.165, 1.54) is 0 Å². The zero-order chi connectivity index (χ0) is 11.8. The molecule has 2 aromatic heterocycles. The number of hydrogen-bond acceptors (Lipinski definition) is 3. The number of rotatable bonds is 1. The highest BCUT2D eigenvalue weighted by atomic mass is 35.5. The molecule has 2 heterocycles. The first kappa shape index (κ1) is 11.1. The van der Waals surface area contributed by atoms with Crippen molar-refractivity contribution in [3.05, 3.63) is 35.6 Å². The summed E-state index contributed by atoms with van der Waals surface area (Å²) in [4.78, 5) is 8.26. The Kier molecular flexibility index (Phi) is 2.72. The second-order valence-corrected chi connectivity index (χ2v) is 5.04. The van der Waals surface area contributed by atoms with Crippen LogP contribution in [0.25, 0.3) is 11.3 Å². The van der Waals surface area contributed by atoms with Crippen molar-refractivity contribution in [2.45, 2.75) is 26.2 Å². The average Bonchev–Trinajstić information content (AvgIpc) is 2.67. The molecule has 0 aliphatic rings. The lowest BCUT2D eigenvalue weighted by Gasteiger charge is -2.12. The fourth-order valence-corrected chi connectivity index (χ4v) is 1.39. The lowest BCUT2D eigenvalue weighted by Crippen LogP contribution is -2.10. The Morgan fingerprint density at radius 3 is 2.38 bits per heavy atom. The van der Waals surface area contributed by atoms with Gasteiger partial charge in [0.05, 0.1) is 6.20 Å². The van der Waals surface area contributed by atoms with Gasteiger partial charge in [-0.15, -0.1) is 0 Å². The largest absolute Gasteiger partial charge is 0.440 e. The van der Waals surface area contributed by atoms with E-state index in [4.69, 9.17) is 16.0 Å². The Labute approximate surface area is 99.5 Å². The van der Waals surface area contributed by atoms with Gasteiger partial charge in [0.15, 0.2) is 11.7 Å². The molecular weight excluding hydrogens is 224 g/mol. The van der Waals surface area contributed by atoms with Gasteiger partial charge in [-0.05, 0) is 12.1 Å². The van der Waals surface area contributed by atoms with Crippen molar-refractivity contribution in [1.82, 2.24) is 9.97 Å². The molecule has 0 unspecified atom stereocenters. The zero-order valence-electron chi connectivity index (χ0n) is 9.49. The summed E-state index contributed by atoms with van der Waals surface area (Å²) in [7, 11) is 0. The van der Waals surface area contributed by atoms with Crippen molar-refractivity contribution < 1.29 is 4.42 Å². The summed E-state index contributed by atoms with van der Waals surface area (Å²) in [5, 5.41) is 0.472. The van der Waals surface area contributed by atoms with E-state index in [0.29, 0.717) is 10.9 Å². The molecule has 0 bridgehead atoms. The van der Waals surface area contributed by atoms with Crippen LogP contribution in [0.1, 0.15) is 26.7 Å². The zero-order valence-corrected chi connectivity index (χ0v) is 10.2. The van der Waals surface area contributed by atoms with Crippen molar-refractivity contribution in [2.24, 2.45) is 0 Å². The summed E-state index contributed by atoms with van der Waals surface area (Å²) >= 11 is 5.72. The summed E-state index contributed by atoms with van der Waals surface area (Å²) in [6.07, 6.45) is 3.39. The first-order valence-corrected chi connectivity index (χ1v) is 5.43. The number of aromatic nitrogens is 2. The molecule has 0 atom stereocenters. The lowest BCUT2D eigenvalue weighted by molar-refractivity contribution is 0.399. The molecule has 0 aliphatic heterocycles. The van der Waals surface area contributed by atoms with E-state index in [2.05, 4.69) is 30.7 Å². The Hall–Kier alpha value is -1.35. The van der Waals surface area contributed by atoms with Gasteiger partial charge < -0.3 is 4.42 Å². The lowest BCUT2D eigenvalue weighted by atomic mass is 9.97. The van der Waals surface area contributed by atoms with Crippen LogP contribution in [-0.2, 0) is 5.41 Å². The molecule has 0 amide bonds. The van der Waals surface area contributed by atoms with E-state index in [-0.39, 0.29) is 5.41 Å². The predicted molar refractivity (Wildman–Crippen MR) is 63.4 cm³/mol. The van der Waals surface area contributed by atoms with Crippen LogP contribution in [0.2, 0.25) is 5.15 Å². The van der Waals surface area contributed by atoms with Crippen LogP contribution >= 0.6 is 11.6 Å². The van der Waals surface area contributed by atoms with Crippen molar-refractivity contribution in [3.8, 4) is 11.3 Å². The second kappa shape index (κ2) is 3.91. The van der Waals surface area contributed by atoms with Crippen molar-refractivity contribution in [2.75, 3.05) is 0 Å². The molecule has 0 aliphatic carbocycles. The van der Waals surface area contributed by atoms with Crippen LogP contribution in [0.15, 0.2) is 28.9 Å². The van der Waals surface area contributed by atoms with Gasteiger partial charge >= 0.3 is 0 Å². The Morgan fingerprint density at radius 1 is 1.12 bits per heavy atom. The molecule has 2 rings (SSSR count). The minimum atomic E-state index is -0.0852. The average molecular weight is 237 g/mol. The minimum absolute atomic E-state index is 0.0852. The SMILES string of the molecule is CC(C)(C)c1ncc(-c2ccc(Cl)nc2)o1. The monoisotopic (exact) mass is 236 g/mol. The third-order valence-corrected chi connectivity index (χ3v) is 2.38. The first-order valence-electron chi connectivity index (χ1n) is 5.05. The summed E-state index contributed by atoms with van der Waals surface area (Å²) in [6, 6.07) is 3.60. The Morgan fingerprint density at radius 2 is 1.88 bits per heavy atom. The van der Waals surface area contributed by atoms with Gasteiger partial charge in [-0.1, -0.05) is 32.4 Å². The first-order chi connectivity index (χ1) is 7.47. The van der Waals surface area contributed by atoms with Gasteiger partial charge in [0.25, 0.3) is 0 Å². The molecule has 3 nitrogen and oxygen atoms in total. The summed E-state index contributed by atoms with van der Waals surface area (Å²) < 4.78 is 5.68. The molecule has 2 aromatic rings. The van der Waals surface area contributed by atoms with Gasteiger partial charge in [0, 0.05) is 17.2 Å². The Bertz CT molecular complexity index is 482. The highest BCUT2D eigenvalue weighted by Gasteiger charge is 2.20. The highest BCUT2D eigenvalue weighted by Crippen LogP contribution is 2.26. The third-order valence-electron chi connectivity index (χ3n) is 2.16. The molecule has 0 saturated carbocycles. The molecule has 0 N–H and O–H groups in total. The maximum absolute atomic E-state index is 5.72. The number of pyridine rings is 1. The normalized spacial score (nSPS) is 11.8. The third kappa shape index (κ3) is 2.25. The van der Waals surface area contributed by atoms with E-state index < -0.39 is 0 Å². The van der Waals surface area contributed by atoms with E-state index in [9.17, 15) is 0 Å². The summed E-state index contributed by atoms with van der Waals surface area (Å²) in [5.41, 5.74) is 0.797. The summed E-state index contributed by atoms with van der Waals surface area (Å²) in [5.74, 6) is 1.44. The van der Waals surface area contributed by atoms with Crippen molar-refractivity contribution in [1.29, 1.82) is 0 Å². The van der Waals surface area contributed by atoms with Gasteiger partial charge in [-0.3, -0.25) is 0 Å². The molecule has 84 valence electrons. The van der Waals surface area contributed by atoms with Crippen LogP contribution in [0.5, 0.6) is 0 Å². The summed E-state index contributed by atoms with van der Waals surface area (Å²) in [6.45, 7) is 6.17. The Balaban J connectivity index is 2.35. The van der Waals surface area contributed by atoms with Crippen LogP contribution in [0.3, 0.4) is 0 Å².